The Bertz CT molecular complexity index is 1140. The number of anilines is 1. The average Bonchev–Trinajstić information content (AvgIpc) is 3.16. The van der Waals surface area contributed by atoms with Gasteiger partial charge in [-0.3, -0.25) is 4.79 Å². The Morgan fingerprint density at radius 1 is 1.13 bits per heavy atom. The van der Waals surface area contributed by atoms with Crippen LogP contribution in [0.5, 0.6) is 0 Å². The number of hydrogen-bond acceptors (Lipinski definition) is 6. The van der Waals surface area contributed by atoms with Gasteiger partial charge in [-0.2, -0.15) is 4.31 Å². The maximum atomic E-state index is 12.9. The zero-order valence-electron chi connectivity index (χ0n) is 16.6. The lowest BCUT2D eigenvalue weighted by Crippen LogP contribution is -2.35. The van der Waals surface area contributed by atoms with Crippen molar-refractivity contribution in [2.75, 3.05) is 18.4 Å². The maximum Gasteiger partial charge on any atom is 0.257 e. The molecule has 2 heterocycles. The van der Waals surface area contributed by atoms with Gasteiger partial charge in [0.15, 0.2) is 5.58 Å². The molecule has 1 saturated heterocycles. The molecule has 30 heavy (non-hydrogen) atoms. The molecule has 0 unspecified atom stereocenters. The smallest absolute Gasteiger partial charge is 0.257 e. The van der Waals surface area contributed by atoms with Crippen molar-refractivity contribution >= 4 is 44.5 Å². The van der Waals surface area contributed by atoms with Crippen molar-refractivity contribution in [3.63, 3.8) is 0 Å². The molecule has 0 saturated carbocycles. The van der Waals surface area contributed by atoms with Crippen LogP contribution in [0.3, 0.4) is 0 Å². The fraction of sp³-hybridized carbons (Fsp3) is 0.333. The molecule has 0 aliphatic carbocycles. The van der Waals surface area contributed by atoms with Crippen LogP contribution in [0.1, 0.15) is 26.2 Å². The van der Waals surface area contributed by atoms with Crippen molar-refractivity contribution in [1.82, 2.24) is 9.29 Å². The number of oxazole rings is 1. The number of piperidine rings is 1. The minimum absolute atomic E-state index is 0.165. The van der Waals surface area contributed by atoms with Crippen LogP contribution in [-0.4, -0.2) is 42.0 Å². The number of hydrogen-bond donors (Lipinski definition) is 1. The van der Waals surface area contributed by atoms with Crippen LogP contribution in [0.25, 0.3) is 11.1 Å². The second-order valence-electron chi connectivity index (χ2n) is 7.19. The molecule has 1 aromatic heterocycles. The highest BCUT2D eigenvalue weighted by atomic mass is 32.2. The van der Waals surface area contributed by atoms with Crippen molar-refractivity contribution < 1.29 is 17.6 Å². The first-order valence-electron chi connectivity index (χ1n) is 9.87. The molecule has 9 heteroatoms. The third kappa shape index (κ3) is 4.53. The summed E-state index contributed by atoms with van der Waals surface area (Å²) < 4.78 is 33.0. The van der Waals surface area contributed by atoms with E-state index in [1.54, 1.807) is 25.1 Å². The molecule has 158 valence electrons. The average molecular weight is 446 g/mol. The number of para-hydroxylation sites is 1. The number of nitrogens with one attached hydrogen (secondary N) is 1. The van der Waals surface area contributed by atoms with E-state index >= 15 is 0 Å². The summed E-state index contributed by atoms with van der Waals surface area (Å²) >= 11 is 1.19. The van der Waals surface area contributed by atoms with Crippen molar-refractivity contribution in [1.29, 1.82) is 0 Å². The molecule has 0 bridgehead atoms. The molecule has 1 amide bonds. The predicted molar refractivity (Wildman–Crippen MR) is 117 cm³/mol. The summed E-state index contributed by atoms with van der Waals surface area (Å²) in [6, 6.07) is 13.9. The van der Waals surface area contributed by atoms with Crippen LogP contribution in [0.4, 0.5) is 5.69 Å². The van der Waals surface area contributed by atoms with Gasteiger partial charge in [0, 0.05) is 18.8 Å². The fourth-order valence-electron chi connectivity index (χ4n) is 3.32. The maximum absolute atomic E-state index is 12.9. The lowest BCUT2D eigenvalue weighted by Gasteiger charge is -2.25. The van der Waals surface area contributed by atoms with Gasteiger partial charge in [0.1, 0.15) is 5.52 Å². The molecule has 7 nitrogen and oxygen atoms in total. The Balaban J connectivity index is 1.49. The summed E-state index contributed by atoms with van der Waals surface area (Å²) in [5.41, 5.74) is 1.68. The zero-order chi connectivity index (χ0) is 21.1. The van der Waals surface area contributed by atoms with Crippen molar-refractivity contribution in [2.45, 2.75) is 41.6 Å². The number of amides is 1. The number of thioether (sulfide) groups is 1. The highest BCUT2D eigenvalue weighted by Gasteiger charge is 2.27. The standard InChI is InChI=1S/C21H23N3O4S2/c1-15(20(25)22-16-8-4-2-5-9-16)29-21-23-18-14-17(10-11-19(18)28-21)30(26,27)24-12-6-3-7-13-24/h2,4-5,8-11,14-15H,3,6-7,12-13H2,1H3,(H,22,25)/t15-/m1/s1. The van der Waals surface area contributed by atoms with Crippen LogP contribution < -0.4 is 5.32 Å². The largest absolute Gasteiger partial charge is 0.431 e. The Morgan fingerprint density at radius 3 is 2.60 bits per heavy atom. The van der Waals surface area contributed by atoms with E-state index in [4.69, 9.17) is 4.42 Å². The van der Waals surface area contributed by atoms with Crippen LogP contribution in [0, 0.1) is 0 Å². The Hall–Kier alpha value is -2.36. The van der Waals surface area contributed by atoms with Gasteiger partial charge in [0.2, 0.25) is 15.9 Å². The summed E-state index contributed by atoms with van der Waals surface area (Å²) in [6.45, 7) is 2.87. The van der Waals surface area contributed by atoms with Gasteiger partial charge in [0.05, 0.1) is 10.1 Å². The summed E-state index contributed by atoms with van der Waals surface area (Å²) in [7, 11) is -3.53. The number of nitrogens with zero attached hydrogens (tertiary/aromatic N) is 2. The van der Waals surface area contributed by atoms with E-state index in [1.807, 2.05) is 30.3 Å². The van der Waals surface area contributed by atoms with E-state index in [-0.39, 0.29) is 10.8 Å². The topological polar surface area (TPSA) is 92.5 Å². The van der Waals surface area contributed by atoms with E-state index in [2.05, 4.69) is 10.3 Å². The summed E-state index contributed by atoms with van der Waals surface area (Å²) in [4.78, 5) is 17.0. The Kier molecular flexibility index (Phi) is 6.12. The molecule has 1 atom stereocenters. The number of aromatic nitrogens is 1. The first-order valence-corrected chi connectivity index (χ1v) is 12.2. The van der Waals surface area contributed by atoms with E-state index in [9.17, 15) is 13.2 Å². The minimum atomic E-state index is -3.53. The van der Waals surface area contributed by atoms with Gasteiger partial charge >= 0.3 is 0 Å². The Morgan fingerprint density at radius 2 is 1.87 bits per heavy atom. The first kappa shape index (κ1) is 20.9. The minimum Gasteiger partial charge on any atom is -0.431 e. The summed E-state index contributed by atoms with van der Waals surface area (Å²) in [5, 5.41) is 2.74. The van der Waals surface area contributed by atoms with Gasteiger partial charge in [-0.15, -0.1) is 0 Å². The van der Waals surface area contributed by atoms with E-state index < -0.39 is 15.3 Å². The highest BCUT2D eigenvalue weighted by molar-refractivity contribution is 8.00. The molecule has 1 aliphatic heterocycles. The van der Waals surface area contributed by atoms with Crippen molar-refractivity contribution in [2.24, 2.45) is 0 Å². The fourth-order valence-corrected chi connectivity index (χ4v) is 5.62. The van der Waals surface area contributed by atoms with Gasteiger partial charge in [-0.25, -0.2) is 13.4 Å². The van der Waals surface area contributed by atoms with Gasteiger partial charge < -0.3 is 9.73 Å². The van der Waals surface area contributed by atoms with Crippen LogP contribution in [0.2, 0.25) is 0 Å². The Labute approximate surface area is 179 Å². The SMILES string of the molecule is C[C@@H](Sc1nc2cc(S(=O)(=O)N3CCCCC3)ccc2o1)C(=O)Nc1ccccc1. The van der Waals surface area contributed by atoms with Crippen molar-refractivity contribution in [3.8, 4) is 0 Å². The molecule has 1 fully saturated rings. The number of rotatable bonds is 6. The number of sulfonamides is 1. The lowest BCUT2D eigenvalue weighted by molar-refractivity contribution is -0.115. The molecule has 4 rings (SSSR count). The number of carbonyl (C=O) groups excluding carboxylic acids is 1. The summed E-state index contributed by atoms with van der Waals surface area (Å²) in [5.74, 6) is -0.165. The molecule has 1 N–H and O–H groups in total. The monoisotopic (exact) mass is 445 g/mol. The molecule has 0 radical (unpaired) electrons. The normalized spacial score (nSPS) is 16.4. The van der Waals surface area contributed by atoms with E-state index in [1.165, 1.54) is 16.1 Å². The molecule has 1 aliphatic rings. The van der Waals surface area contributed by atoms with Gasteiger partial charge in [-0.1, -0.05) is 36.4 Å². The molecular formula is C21H23N3O4S2. The second-order valence-corrected chi connectivity index (χ2v) is 10.4. The number of fused-ring (bicyclic) bond motifs is 1. The second kappa shape index (κ2) is 8.79. The quantitative estimate of drug-likeness (QED) is 0.574. The zero-order valence-corrected chi connectivity index (χ0v) is 18.2. The third-order valence-corrected chi connectivity index (χ3v) is 7.82. The first-order chi connectivity index (χ1) is 14.4. The number of benzene rings is 2. The molecule has 3 aromatic rings. The highest BCUT2D eigenvalue weighted by Crippen LogP contribution is 2.30. The molecule has 2 aromatic carbocycles. The summed E-state index contributed by atoms with van der Waals surface area (Å²) in [6.07, 6.45) is 2.83. The van der Waals surface area contributed by atoms with Gasteiger partial charge in [-0.05, 0) is 50.1 Å². The van der Waals surface area contributed by atoms with E-state index in [0.717, 1.165) is 24.9 Å². The van der Waals surface area contributed by atoms with Crippen molar-refractivity contribution in [3.05, 3.63) is 48.5 Å². The molecular weight excluding hydrogens is 422 g/mol. The van der Waals surface area contributed by atoms with E-state index in [0.29, 0.717) is 29.4 Å². The lowest BCUT2D eigenvalue weighted by atomic mass is 10.2. The third-order valence-electron chi connectivity index (χ3n) is 4.98. The van der Waals surface area contributed by atoms with Crippen LogP contribution >= 0.6 is 11.8 Å². The predicted octanol–water partition coefficient (Wildman–Crippen LogP) is 4.12. The van der Waals surface area contributed by atoms with Crippen LogP contribution in [-0.2, 0) is 14.8 Å². The van der Waals surface area contributed by atoms with Gasteiger partial charge in [0.25, 0.3) is 5.22 Å². The molecule has 0 spiro atoms. The van der Waals surface area contributed by atoms with Crippen LogP contribution in [0.15, 0.2) is 63.1 Å². The number of carbonyl (C=O) groups is 1.